The number of thiophene rings is 1. The van der Waals surface area contributed by atoms with Crippen LogP contribution in [0.5, 0.6) is 5.75 Å². The second-order valence-corrected chi connectivity index (χ2v) is 6.97. The predicted molar refractivity (Wildman–Crippen MR) is 80.6 cm³/mol. The lowest BCUT2D eigenvalue weighted by Gasteiger charge is -2.09. The van der Waals surface area contributed by atoms with Gasteiger partial charge in [0.1, 0.15) is 10.6 Å². The summed E-state index contributed by atoms with van der Waals surface area (Å²) in [6.45, 7) is 0.526. The molecule has 0 aliphatic rings. The molecule has 2 rings (SSSR count). The summed E-state index contributed by atoms with van der Waals surface area (Å²) < 4.78 is 31.1. The number of sulfonamides is 1. The maximum Gasteiger partial charge on any atom is 0.242 e. The fourth-order valence-electron chi connectivity index (χ4n) is 1.70. The minimum absolute atomic E-state index is 0.0607. The van der Waals surface area contributed by atoms with E-state index in [1.165, 1.54) is 24.1 Å². The molecule has 0 spiro atoms. The zero-order valence-corrected chi connectivity index (χ0v) is 12.6. The molecule has 0 aliphatic carbocycles. The number of hydrogen-bond donors (Lipinski definition) is 2. The molecule has 0 radical (unpaired) electrons. The average molecular weight is 312 g/mol. The highest BCUT2D eigenvalue weighted by atomic mass is 32.2. The fourth-order valence-corrected chi connectivity index (χ4v) is 3.22. The summed E-state index contributed by atoms with van der Waals surface area (Å²) in [5.41, 5.74) is 5.93. The summed E-state index contributed by atoms with van der Waals surface area (Å²) in [6.07, 6.45) is 0.814. The van der Waals surface area contributed by atoms with E-state index < -0.39 is 10.0 Å². The third-order valence-corrected chi connectivity index (χ3v) is 5.16. The van der Waals surface area contributed by atoms with Crippen molar-refractivity contribution in [3.8, 4) is 5.75 Å². The fraction of sp³-hybridized carbons (Fsp3) is 0.231. The van der Waals surface area contributed by atoms with Gasteiger partial charge in [0.25, 0.3) is 0 Å². The van der Waals surface area contributed by atoms with Crippen LogP contribution in [-0.4, -0.2) is 22.1 Å². The summed E-state index contributed by atoms with van der Waals surface area (Å²) in [7, 11) is -2.18. The van der Waals surface area contributed by atoms with Gasteiger partial charge >= 0.3 is 0 Å². The van der Waals surface area contributed by atoms with Crippen molar-refractivity contribution < 1.29 is 13.2 Å². The maximum atomic E-state index is 11.7. The molecular formula is C13H16N2O3S2. The van der Waals surface area contributed by atoms with E-state index in [9.17, 15) is 8.42 Å². The highest BCUT2D eigenvalue weighted by Gasteiger charge is 2.15. The van der Waals surface area contributed by atoms with Gasteiger partial charge in [0.15, 0.2) is 0 Å². The summed E-state index contributed by atoms with van der Waals surface area (Å²) in [6, 6.07) is 8.62. The standard InChI is InChI=1S/C13H16N2O3S2/c1-15-20(16,17)13-5-4-10(9-12(13)14)18-7-6-11-3-2-8-19-11/h2-5,8-9,15H,6-7,14H2,1H3. The van der Waals surface area contributed by atoms with E-state index in [1.54, 1.807) is 17.4 Å². The molecule has 1 aromatic carbocycles. The zero-order chi connectivity index (χ0) is 14.6. The van der Waals surface area contributed by atoms with E-state index in [-0.39, 0.29) is 10.6 Å². The number of anilines is 1. The van der Waals surface area contributed by atoms with Gasteiger partial charge in [0.05, 0.1) is 12.3 Å². The Morgan fingerprint density at radius 2 is 2.15 bits per heavy atom. The minimum atomic E-state index is -3.53. The van der Waals surface area contributed by atoms with Gasteiger partial charge in [-0.2, -0.15) is 0 Å². The van der Waals surface area contributed by atoms with Gasteiger partial charge in [0.2, 0.25) is 10.0 Å². The van der Waals surface area contributed by atoms with Crippen LogP contribution in [-0.2, 0) is 16.4 Å². The maximum absolute atomic E-state index is 11.7. The van der Waals surface area contributed by atoms with E-state index in [0.29, 0.717) is 12.4 Å². The van der Waals surface area contributed by atoms with Crippen molar-refractivity contribution in [1.82, 2.24) is 4.72 Å². The van der Waals surface area contributed by atoms with Crippen LogP contribution in [0.2, 0.25) is 0 Å². The zero-order valence-electron chi connectivity index (χ0n) is 11.0. The summed E-state index contributed by atoms with van der Waals surface area (Å²) in [4.78, 5) is 1.30. The Kier molecular flexibility index (Phi) is 4.64. The first kappa shape index (κ1) is 14.8. The van der Waals surface area contributed by atoms with Crippen LogP contribution in [0.25, 0.3) is 0 Å². The van der Waals surface area contributed by atoms with Crippen LogP contribution < -0.4 is 15.2 Å². The van der Waals surface area contributed by atoms with Gasteiger partial charge in [-0.15, -0.1) is 11.3 Å². The molecule has 0 bridgehead atoms. The van der Waals surface area contributed by atoms with Crippen LogP contribution >= 0.6 is 11.3 Å². The molecule has 2 aromatic rings. The van der Waals surface area contributed by atoms with Gasteiger partial charge in [-0.05, 0) is 30.6 Å². The van der Waals surface area contributed by atoms with Crippen LogP contribution in [0.3, 0.4) is 0 Å². The largest absolute Gasteiger partial charge is 0.493 e. The van der Waals surface area contributed by atoms with Crippen molar-refractivity contribution >= 4 is 27.0 Å². The van der Waals surface area contributed by atoms with E-state index >= 15 is 0 Å². The smallest absolute Gasteiger partial charge is 0.242 e. The normalized spacial score (nSPS) is 11.4. The molecule has 0 unspecified atom stereocenters. The molecule has 0 aliphatic heterocycles. The van der Waals surface area contributed by atoms with E-state index in [4.69, 9.17) is 10.5 Å². The molecule has 1 heterocycles. The highest BCUT2D eigenvalue weighted by Crippen LogP contribution is 2.23. The van der Waals surface area contributed by atoms with E-state index in [2.05, 4.69) is 4.72 Å². The molecule has 108 valence electrons. The average Bonchev–Trinajstić information content (AvgIpc) is 2.92. The van der Waals surface area contributed by atoms with Gasteiger partial charge in [-0.3, -0.25) is 0 Å². The first-order chi connectivity index (χ1) is 9.53. The van der Waals surface area contributed by atoms with Gasteiger partial charge in [-0.25, -0.2) is 13.1 Å². The van der Waals surface area contributed by atoms with Crippen LogP contribution in [0.1, 0.15) is 4.88 Å². The van der Waals surface area contributed by atoms with Crippen molar-refractivity contribution in [2.24, 2.45) is 0 Å². The summed E-state index contributed by atoms with van der Waals surface area (Å²) in [5.74, 6) is 0.564. The monoisotopic (exact) mass is 312 g/mol. The van der Waals surface area contributed by atoms with Gasteiger partial charge in [-0.1, -0.05) is 6.07 Å². The molecule has 1 aromatic heterocycles. The lowest BCUT2D eigenvalue weighted by atomic mass is 10.3. The first-order valence-corrected chi connectivity index (χ1v) is 8.37. The van der Waals surface area contributed by atoms with Crippen LogP contribution in [0, 0.1) is 0 Å². The highest BCUT2D eigenvalue weighted by molar-refractivity contribution is 7.89. The van der Waals surface area contributed by atoms with Crippen molar-refractivity contribution in [3.05, 3.63) is 40.6 Å². The van der Waals surface area contributed by atoms with Crippen molar-refractivity contribution in [3.63, 3.8) is 0 Å². The molecule has 7 heteroatoms. The molecule has 5 nitrogen and oxygen atoms in total. The Bertz CT molecular complexity index is 667. The Hall–Kier alpha value is -1.57. The number of nitrogens with two attached hydrogens (primary N) is 1. The Balaban J connectivity index is 2.02. The van der Waals surface area contributed by atoms with Crippen molar-refractivity contribution in [2.75, 3.05) is 19.4 Å². The molecular weight excluding hydrogens is 296 g/mol. The topological polar surface area (TPSA) is 81.4 Å². The molecule has 0 atom stereocenters. The van der Waals surface area contributed by atoms with Crippen molar-refractivity contribution in [1.29, 1.82) is 0 Å². The number of ether oxygens (including phenoxy) is 1. The number of hydrogen-bond acceptors (Lipinski definition) is 5. The lowest BCUT2D eigenvalue weighted by Crippen LogP contribution is -2.19. The molecule has 0 saturated heterocycles. The quantitative estimate of drug-likeness (QED) is 0.798. The summed E-state index contributed by atoms with van der Waals surface area (Å²) >= 11 is 1.68. The van der Waals surface area contributed by atoms with Gasteiger partial charge < -0.3 is 10.5 Å². The Morgan fingerprint density at radius 3 is 2.75 bits per heavy atom. The van der Waals surface area contributed by atoms with E-state index in [0.717, 1.165) is 6.42 Å². The number of rotatable bonds is 6. The summed E-state index contributed by atoms with van der Waals surface area (Å²) in [5, 5.41) is 2.02. The Morgan fingerprint density at radius 1 is 1.35 bits per heavy atom. The molecule has 0 amide bonds. The predicted octanol–water partition coefficient (Wildman–Crippen LogP) is 1.86. The number of benzene rings is 1. The molecule has 0 saturated carbocycles. The van der Waals surface area contributed by atoms with Crippen LogP contribution in [0.15, 0.2) is 40.6 Å². The second kappa shape index (κ2) is 6.25. The SMILES string of the molecule is CNS(=O)(=O)c1ccc(OCCc2cccs2)cc1N. The minimum Gasteiger partial charge on any atom is -0.493 e. The Labute approximate surface area is 122 Å². The van der Waals surface area contributed by atoms with Gasteiger partial charge in [0, 0.05) is 17.4 Å². The van der Waals surface area contributed by atoms with Crippen molar-refractivity contribution in [2.45, 2.75) is 11.3 Å². The number of nitrogens with one attached hydrogen (secondary N) is 1. The van der Waals surface area contributed by atoms with Crippen LogP contribution in [0.4, 0.5) is 5.69 Å². The number of nitrogen functional groups attached to an aromatic ring is 1. The lowest BCUT2D eigenvalue weighted by molar-refractivity contribution is 0.323. The molecule has 0 fully saturated rings. The third-order valence-electron chi connectivity index (χ3n) is 2.74. The second-order valence-electron chi connectivity index (χ2n) is 4.09. The molecule has 3 N–H and O–H groups in total. The molecule has 20 heavy (non-hydrogen) atoms. The first-order valence-electron chi connectivity index (χ1n) is 6.01. The van der Waals surface area contributed by atoms with E-state index in [1.807, 2.05) is 17.5 Å². The third kappa shape index (κ3) is 3.50.